The first-order chi connectivity index (χ1) is 12.4. The second-order valence-corrected chi connectivity index (χ2v) is 8.72. The van der Waals surface area contributed by atoms with E-state index in [0.29, 0.717) is 6.04 Å². The summed E-state index contributed by atoms with van der Waals surface area (Å²) in [7, 11) is -0.284. The summed E-state index contributed by atoms with van der Waals surface area (Å²) < 4.78 is 17.8. The molecular formula is C20H31BN2O3. The minimum absolute atomic E-state index is 0.284. The number of hydrogen-bond donors (Lipinski definition) is 0. The van der Waals surface area contributed by atoms with Gasteiger partial charge in [-0.25, -0.2) is 0 Å². The second kappa shape index (κ2) is 6.82. The highest BCUT2D eigenvalue weighted by Gasteiger charge is 2.51. The molecule has 0 aliphatic carbocycles. The molecule has 1 atom stereocenters. The lowest BCUT2D eigenvalue weighted by Crippen LogP contribution is -2.50. The van der Waals surface area contributed by atoms with Gasteiger partial charge >= 0.3 is 7.12 Å². The molecule has 0 spiro atoms. The molecule has 3 saturated heterocycles. The Balaban J connectivity index is 1.37. The molecule has 5 nitrogen and oxygen atoms in total. The van der Waals surface area contributed by atoms with Gasteiger partial charge in [0.25, 0.3) is 0 Å². The standard InChI is InChI=1S/C20H31BN2O3/c1-19(2)20(3,4)26-21(25-19)16-5-7-17(8-6-16)22-10-12-23(13-11-22)18-9-14-24-15-18/h5-8,18H,9-15H2,1-4H3. The van der Waals surface area contributed by atoms with Crippen molar-refractivity contribution in [1.82, 2.24) is 4.90 Å². The maximum Gasteiger partial charge on any atom is 0.494 e. The molecule has 142 valence electrons. The third kappa shape index (κ3) is 3.40. The molecule has 3 aliphatic heterocycles. The van der Waals surface area contributed by atoms with E-state index >= 15 is 0 Å². The minimum atomic E-state index is -0.295. The highest BCUT2D eigenvalue weighted by atomic mass is 16.7. The van der Waals surface area contributed by atoms with Crippen LogP contribution in [0.1, 0.15) is 34.1 Å². The van der Waals surface area contributed by atoms with E-state index in [1.807, 2.05) is 0 Å². The van der Waals surface area contributed by atoms with E-state index in [2.05, 4.69) is 61.8 Å². The van der Waals surface area contributed by atoms with Crippen LogP contribution in [0, 0.1) is 0 Å². The number of hydrogen-bond acceptors (Lipinski definition) is 5. The molecule has 3 fully saturated rings. The van der Waals surface area contributed by atoms with E-state index in [0.717, 1.165) is 44.9 Å². The van der Waals surface area contributed by atoms with Gasteiger partial charge in [-0.2, -0.15) is 0 Å². The number of anilines is 1. The number of benzene rings is 1. The molecule has 0 aromatic heterocycles. The molecule has 26 heavy (non-hydrogen) atoms. The Hall–Kier alpha value is -1.08. The normalized spacial score (nSPS) is 28.7. The van der Waals surface area contributed by atoms with Crippen LogP contribution in [0.2, 0.25) is 0 Å². The van der Waals surface area contributed by atoms with Crippen molar-refractivity contribution in [1.29, 1.82) is 0 Å². The molecule has 1 unspecified atom stereocenters. The predicted molar refractivity (Wildman–Crippen MR) is 105 cm³/mol. The molecule has 0 saturated carbocycles. The van der Waals surface area contributed by atoms with Crippen molar-refractivity contribution in [2.45, 2.75) is 51.4 Å². The van der Waals surface area contributed by atoms with Crippen molar-refractivity contribution in [3.63, 3.8) is 0 Å². The average Bonchev–Trinajstić information content (AvgIpc) is 3.22. The van der Waals surface area contributed by atoms with Crippen molar-refractivity contribution in [3.05, 3.63) is 24.3 Å². The fourth-order valence-electron chi connectivity index (χ4n) is 3.98. The number of ether oxygens (including phenoxy) is 1. The molecule has 0 amide bonds. The smallest absolute Gasteiger partial charge is 0.399 e. The first-order valence-electron chi connectivity index (χ1n) is 9.88. The summed E-state index contributed by atoms with van der Waals surface area (Å²) in [5.41, 5.74) is 1.79. The zero-order valence-electron chi connectivity index (χ0n) is 16.5. The first-order valence-corrected chi connectivity index (χ1v) is 9.88. The Labute approximate surface area is 157 Å². The van der Waals surface area contributed by atoms with Gasteiger partial charge in [0, 0.05) is 44.5 Å². The van der Waals surface area contributed by atoms with Gasteiger partial charge in [0.2, 0.25) is 0 Å². The highest BCUT2D eigenvalue weighted by molar-refractivity contribution is 6.62. The molecule has 0 bridgehead atoms. The largest absolute Gasteiger partial charge is 0.494 e. The van der Waals surface area contributed by atoms with Crippen LogP contribution in [0.5, 0.6) is 0 Å². The van der Waals surface area contributed by atoms with E-state index in [4.69, 9.17) is 14.0 Å². The summed E-state index contributed by atoms with van der Waals surface area (Å²) in [6, 6.07) is 9.33. The summed E-state index contributed by atoms with van der Waals surface area (Å²) in [4.78, 5) is 5.06. The van der Waals surface area contributed by atoms with Gasteiger partial charge in [-0.15, -0.1) is 0 Å². The fraction of sp³-hybridized carbons (Fsp3) is 0.700. The van der Waals surface area contributed by atoms with Crippen molar-refractivity contribution in [2.75, 3.05) is 44.3 Å². The zero-order valence-corrected chi connectivity index (χ0v) is 16.5. The molecule has 1 aromatic carbocycles. The SMILES string of the molecule is CC1(C)OB(c2ccc(N3CCN(C4CCOC4)CC3)cc2)OC1(C)C. The van der Waals surface area contributed by atoms with Gasteiger partial charge < -0.3 is 18.9 Å². The molecular weight excluding hydrogens is 327 g/mol. The van der Waals surface area contributed by atoms with Crippen molar-refractivity contribution >= 4 is 18.3 Å². The minimum Gasteiger partial charge on any atom is -0.399 e. The van der Waals surface area contributed by atoms with Crippen LogP contribution >= 0.6 is 0 Å². The van der Waals surface area contributed by atoms with Crippen LogP contribution in [0.15, 0.2) is 24.3 Å². The van der Waals surface area contributed by atoms with Gasteiger partial charge in [0.05, 0.1) is 17.8 Å². The van der Waals surface area contributed by atoms with Crippen molar-refractivity contribution in [2.24, 2.45) is 0 Å². The third-order valence-electron chi connectivity index (χ3n) is 6.52. The predicted octanol–water partition coefficient (Wildman–Crippen LogP) is 1.90. The summed E-state index contributed by atoms with van der Waals surface area (Å²) >= 11 is 0. The second-order valence-electron chi connectivity index (χ2n) is 8.72. The Kier molecular flexibility index (Phi) is 4.80. The number of rotatable bonds is 3. The molecule has 4 rings (SSSR count). The molecule has 6 heteroatoms. The topological polar surface area (TPSA) is 34.2 Å². The summed E-state index contributed by atoms with van der Waals surface area (Å²) in [5, 5.41) is 0. The zero-order chi connectivity index (χ0) is 18.4. The van der Waals surface area contributed by atoms with E-state index in [1.54, 1.807) is 0 Å². The van der Waals surface area contributed by atoms with Gasteiger partial charge in [-0.05, 0) is 51.7 Å². The summed E-state index contributed by atoms with van der Waals surface area (Å²) in [6.07, 6.45) is 1.18. The first kappa shape index (κ1) is 18.3. The summed E-state index contributed by atoms with van der Waals surface area (Å²) in [6.45, 7) is 14.6. The van der Waals surface area contributed by atoms with Crippen LogP contribution in [0.25, 0.3) is 0 Å². The maximum absolute atomic E-state index is 6.15. The van der Waals surface area contributed by atoms with Crippen LogP contribution < -0.4 is 10.4 Å². The monoisotopic (exact) mass is 358 g/mol. The van der Waals surface area contributed by atoms with Crippen molar-refractivity contribution < 1.29 is 14.0 Å². The van der Waals surface area contributed by atoms with Crippen LogP contribution in [0.3, 0.4) is 0 Å². The molecule has 3 aliphatic rings. The van der Waals surface area contributed by atoms with Gasteiger partial charge in [0.1, 0.15) is 0 Å². The number of piperazine rings is 1. The Morgan fingerprint density at radius 2 is 1.54 bits per heavy atom. The molecule has 0 N–H and O–H groups in total. The third-order valence-corrected chi connectivity index (χ3v) is 6.52. The Morgan fingerprint density at radius 1 is 0.923 bits per heavy atom. The summed E-state index contributed by atoms with van der Waals surface area (Å²) in [5.74, 6) is 0. The fourth-order valence-corrected chi connectivity index (χ4v) is 3.98. The van der Waals surface area contributed by atoms with E-state index in [1.165, 1.54) is 12.1 Å². The molecule has 1 aromatic rings. The van der Waals surface area contributed by atoms with Crippen LogP contribution in [-0.2, 0) is 14.0 Å². The lowest BCUT2D eigenvalue weighted by molar-refractivity contribution is 0.00578. The van der Waals surface area contributed by atoms with Crippen LogP contribution in [-0.4, -0.2) is 68.7 Å². The Morgan fingerprint density at radius 3 is 2.08 bits per heavy atom. The number of nitrogens with zero attached hydrogens (tertiary/aromatic N) is 2. The van der Waals surface area contributed by atoms with Gasteiger partial charge in [-0.3, -0.25) is 4.90 Å². The lowest BCUT2D eigenvalue weighted by atomic mass is 9.79. The molecule has 0 radical (unpaired) electrons. The maximum atomic E-state index is 6.15. The van der Waals surface area contributed by atoms with E-state index in [9.17, 15) is 0 Å². The average molecular weight is 358 g/mol. The van der Waals surface area contributed by atoms with E-state index < -0.39 is 0 Å². The van der Waals surface area contributed by atoms with Crippen molar-refractivity contribution in [3.8, 4) is 0 Å². The Bertz CT molecular complexity index is 604. The molecule has 3 heterocycles. The quantitative estimate of drug-likeness (QED) is 0.771. The van der Waals surface area contributed by atoms with Crippen LogP contribution in [0.4, 0.5) is 5.69 Å². The van der Waals surface area contributed by atoms with Gasteiger partial charge in [0.15, 0.2) is 0 Å². The van der Waals surface area contributed by atoms with Gasteiger partial charge in [-0.1, -0.05) is 12.1 Å². The highest BCUT2D eigenvalue weighted by Crippen LogP contribution is 2.36. The lowest BCUT2D eigenvalue weighted by Gasteiger charge is -2.38. The van der Waals surface area contributed by atoms with E-state index in [-0.39, 0.29) is 18.3 Å².